The molecule has 5 heteroatoms. The summed E-state index contributed by atoms with van der Waals surface area (Å²) in [4.78, 5) is 37.8. The number of rotatable bonds is 4. The quantitative estimate of drug-likeness (QED) is 0.483. The van der Waals surface area contributed by atoms with E-state index in [4.69, 9.17) is 4.74 Å². The Morgan fingerprint density at radius 3 is 2.27 bits per heavy atom. The van der Waals surface area contributed by atoms with Crippen molar-refractivity contribution in [3.63, 3.8) is 0 Å². The topological polar surface area (TPSA) is 63.7 Å². The van der Waals surface area contributed by atoms with Gasteiger partial charge in [-0.05, 0) is 61.1 Å². The summed E-state index contributed by atoms with van der Waals surface area (Å²) >= 11 is 0. The molecule has 0 spiro atoms. The van der Waals surface area contributed by atoms with Gasteiger partial charge in [0.1, 0.15) is 5.75 Å². The number of carbonyl (C=O) groups excluding carboxylic acids is 3. The highest BCUT2D eigenvalue weighted by atomic mass is 16.5. The van der Waals surface area contributed by atoms with E-state index in [2.05, 4.69) is 0 Å². The monoisotopic (exact) mass is 349 g/mol. The molecule has 0 bridgehead atoms. The van der Waals surface area contributed by atoms with Crippen molar-refractivity contribution < 1.29 is 19.1 Å². The molecule has 1 aliphatic carbocycles. The standard InChI is InChI=1S/C21H19NO4/c23-19(26-16-10-9-14-5-1-2-6-15(14)13-16)11-12-22-20(24)17-7-3-4-8-18(17)21(22)25/h3-4,7-10,13H,1-2,5-6,11-12H2. The minimum Gasteiger partial charge on any atom is -0.426 e. The molecule has 2 aromatic carbocycles. The van der Waals surface area contributed by atoms with Gasteiger partial charge in [0.15, 0.2) is 0 Å². The Hall–Kier alpha value is -2.95. The Morgan fingerprint density at radius 2 is 1.58 bits per heavy atom. The number of esters is 1. The largest absolute Gasteiger partial charge is 0.426 e. The van der Waals surface area contributed by atoms with Gasteiger partial charge in [-0.25, -0.2) is 0 Å². The number of fused-ring (bicyclic) bond motifs is 2. The molecule has 1 aliphatic heterocycles. The summed E-state index contributed by atoms with van der Waals surface area (Å²) in [7, 11) is 0. The molecule has 0 saturated heterocycles. The number of nitrogens with zero attached hydrogens (tertiary/aromatic N) is 1. The highest BCUT2D eigenvalue weighted by Gasteiger charge is 2.35. The zero-order valence-electron chi connectivity index (χ0n) is 14.4. The molecule has 0 N–H and O–H groups in total. The third kappa shape index (κ3) is 3.01. The molecule has 26 heavy (non-hydrogen) atoms. The van der Waals surface area contributed by atoms with E-state index < -0.39 is 5.97 Å². The first-order valence-electron chi connectivity index (χ1n) is 8.91. The van der Waals surface area contributed by atoms with Gasteiger partial charge in [-0.3, -0.25) is 19.3 Å². The van der Waals surface area contributed by atoms with E-state index in [1.165, 1.54) is 17.5 Å². The summed E-state index contributed by atoms with van der Waals surface area (Å²) in [5.41, 5.74) is 3.34. The molecule has 0 fully saturated rings. The molecule has 5 nitrogen and oxygen atoms in total. The maximum atomic E-state index is 12.3. The lowest BCUT2D eigenvalue weighted by Crippen LogP contribution is -2.32. The maximum Gasteiger partial charge on any atom is 0.312 e. The minimum atomic E-state index is -0.447. The second kappa shape index (κ2) is 6.75. The van der Waals surface area contributed by atoms with E-state index in [1.807, 2.05) is 18.2 Å². The van der Waals surface area contributed by atoms with Gasteiger partial charge in [-0.1, -0.05) is 18.2 Å². The van der Waals surface area contributed by atoms with Gasteiger partial charge in [0.05, 0.1) is 17.5 Å². The van der Waals surface area contributed by atoms with Gasteiger partial charge in [0, 0.05) is 6.54 Å². The van der Waals surface area contributed by atoms with Gasteiger partial charge in [-0.15, -0.1) is 0 Å². The summed E-state index contributed by atoms with van der Waals surface area (Å²) < 4.78 is 5.40. The maximum absolute atomic E-state index is 12.3. The van der Waals surface area contributed by atoms with Crippen LogP contribution in [0, 0.1) is 0 Å². The number of carbonyl (C=O) groups is 3. The Morgan fingerprint density at radius 1 is 0.923 bits per heavy atom. The molecular formula is C21H19NO4. The number of aryl methyl sites for hydroxylation is 2. The smallest absolute Gasteiger partial charge is 0.312 e. The average Bonchev–Trinajstić information content (AvgIpc) is 2.91. The van der Waals surface area contributed by atoms with Crippen molar-refractivity contribution in [3.05, 3.63) is 64.7 Å². The lowest BCUT2D eigenvalue weighted by Gasteiger charge is -2.17. The van der Waals surface area contributed by atoms with Gasteiger partial charge in [-0.2, -0.15) is 0 Å². The molecule has 132 valence electrons. The van der Waals surface area contributed by atoms with E-state index in [-0.39, 0.29) is 24.8 Å². The van der Waals surface area contributed by atoms with Crippen LogP contribution in [0.15, 0.2) is 42.5 Å². The normalized spacial score (nSPS) is 15.6. The van der Waals surface area contributed by atoms with Crippen molar-refractivity contribution in [2.45, 2.75) is 32.1 Å². The average molecular weight is 349 g/mol. The molecule has 0 aromatic heterocycles. The summed E-state index contributed by atoms with van der Waals surface area (Å²) in [6, 6.07) is 12.4. The molecular weight excluding hydrogens is 330 g/mol. The summed E-state index contributed by atoms with van der Waals surface area (Å²) in [6.45, 7) is 0.0239. The van der Waals surface area contributed by atoms with Crippen LogP contribution in [-0.4, -0.2) is 29.2 Å². The lowest BCUT2D eigenvalue weighted by atomic mass is 9.92. The second-order valence-electron chi connectivity index (χ2n) is 6.67. The number of hydrogen-bond acceptors (Lipinski definition) is 4. The second-order valence-corrected chi connectivity index (χ2v) is 6.67. The van der Waals surface area contributed by atoms with Crippen LogP contribution in [0.2, 0.25) is 0 Å². The summed E-state index contributed by atoms with van der Waals surface area (Å²) in [5.74, 6) is -0.630. The van der Waals surface area contributed by atoms with E-state index in [0.717, 1.165) is 24.2 Å². The molecule has 2 aliphatic rings. The molecule has 0 saturated carbocycles. The molecule has 0 unspecified atom stereocenters. The Balaban J connectivity index is 1.38. The first kappa shape index (κ1) is 16.5. The zero-order valence-corrected chi connectivity index (χ0v) is 14.4. The fourth-order valence-electron chi connectivity index (χ4n) is 3.60. The number of benzene rings is 2. The SMILES string of the molecule is O=C(CCN1C(=O)c2ccccc2C1=O)Oc1ccc2c(c1)CCCC2. The third-order valence-electron chi connectivity index (χ3n) is 4.97. The Bertz CT molecular complexity index is 868. The summed E-state index contributed by atoms with van der Waals surface area (Å²) in [5, 5.41) is 0. The predicted molar refractivity (Wildman–Crippen MR) is 95.1 cm³/mol. The number of ether oxygens (including phenoxy) is 1. The molecule has 4 rings (SSSR count). The van der Waals surface area contributed by atoms with E-state index in [0.29, 0.717) is 16.9 Å². The van der Waals surface area contributed by atoms with Crippen LogP contribution >= 0.6 is 0 Å². The highest BCUT2D eigenvalue weighted by molar-refractivity contribution is 6.21. The van der Waals surface area contributed by atoms with Gasteiger partial charge in [0.25, 0.3) is 11.8 Å². The van der Waals surface area contributed by atoms with Crippen LogP contribution in [0.1, 0.15) is 51.1 Å². The zero-order chi connectivity index (χ0) is 18.1. The first-order chi connectivity index (χ1) is 12.6. The highest BCUT2D eigenvalue weighted by Crippen LogP contribution is 2.26. The third-order valence-corrected chi connectivity index (χ3v) is 4.97. The molecule has 0 radical (unpaired) electrons. The van der Waals surface area contributed by atoms with Crippen molar-refractivity contribution in [3.8, 4) is 5.75 Å². The molecule has 2 amide bonds. The summed E-state index contributed by atoms with van der Waals surface area (Å²) in [6.07, 6.45) is 4.41. The first-order valence-corrected chi connectivity index (χ1v) is 8.91. The number of imide groups is 1. The van der Waals surface area contributed by atoms with Crippen molar-refractivity contribution >= 4 is 17.8 Å². The van der Waals surface area contributed by atoms with Crippen LogP contribution in [-0.2, 0) is 17.6 Å². The van der Waals surface area contributed by atoms with Crippen molar-refractivity contribution in [2.75, 3.05) is 6.54 Å². The van der Waals surface area contributed by atoms with Crippen LogP contribution in [0.4, 0.5) is 0 Å². The number of hydrogen-bond donors (Lipinski definition) is 0. The lowest BCUT2D eigenvalue weighted by molar-refractivity contribution is -0.134. The fourth-order valence-corrected chi connectivity index (χ4v) is 3.60. The van der Waals surface area contributed by atoms with E-state index in [1.54, 1.807) is 24.3 Å². The molecule has 0 atom stereocenters. The van der Waals surface area contributed by atoms with Crippen molar-refractivity contribution in [1.29, 1.82) is 0 Å². The fraction of sp³-hybridized carbons (Fsp3) is 0.286. The minimum absolute atomic E-state index is 0.0239. The van der Waals surface area contributed by atoms with Crippen LogP contribution < -0.4 is 4.74 Å². The van der Waals surface area contributed by atoms with Gasteiger partial charge >= 0.3 is 5.97 Å². The van der Waals surface area contributed by atoms with Gasteiger partial charge in [0.2, 0.25) is 0 Å². The Labute approximate surface area is 151 Å². The van der Waals surface area contributed by atoms with Crippen LogP contribution in [0.3, 0.4) is 0 Å². The Kier molecular flexibility index (Phi) is 4.29. The number of amides is 2. The predicted octanol–water partition coefficient (Wildman–Crippen LogP) is 3.16. The van der Waals surface area contributed by atoms with Gasteiger partial charge < -0.3 is 4.74 Å². The van der Waals surface area contributed by atoms with Crippen LogP contribution in [0.25, 0.3) is 0 Å². The molecule has 1 heterocycles. The van der Waals surface area contributed by atoms with E-state index >= 15 is 0 Å². The van der Waals surface area contributed by atoms with Crippen molar-refractivity contribution in [1.82, 2.24) is 4.90 Å². The van der Waals surface area contributed by atoms with E-state index in [9.17, 15) is 14.4 Å². The van der Waals surface area contributed by atoms with Crippen LogP contribution in [0.5, 0.6) is 5.75 Å². The van der Waals surface area contributed by atoms with Crippen molar-refractivity contribution in [2.24, 2.45) is 0 Å². The molecule has 2 aromatic rings.